The van der Waals surface area contributed by atoms with Crippen LogP contribution >= 0.6 is 24.0 Å². The molecule has 0 bridgehead atoms. The van der Waals surface area contributed by atoms with Crippen molar-refractivity contribution in [1.29, 1.82) is 0 Å². The molecule has 6 nitrogen and oxygen atoms in total. The number of nitrogens with one attached hydrogen (secondary N) is 2. The zero-order valence-electron chi connectivity index (χ0n) is 16.6. The number of aliphatic imine (C=N–C) groups is 1. The van der Waals surface area contributed by atoms with Crippen molar-refractivity contribution in [3.63, 3.8) is 0 Å². The first kappa shape index (κ1) is 22.4. The van der Waals surface area contributed by atoms with Crippen LogP contribution in [0.2, 0.25) is 0 Å². The number of halogens is 1. The lowest BCUT2D eigenvalue weighted by Crippen LogP contribution is -2.42. The molecule has 0 spiro atoms. The Balaban J connectivity index is 0.00000280. The fraction of sp³-hybridized carbons (Fsp3) is 0.429. The third-order valence-electron chi connectivity index (χ3n) is 4.94. The van der Waals surface area contributed by atoms with E-state index in [0.29, 0.717) is 18.5 Å². The van der Waals surface area contributed by atoms with Gasteiger partial charge in [0.2, 0.25) is 5.88 Å². The maximum Gasteiger partial charge on any atom is 0.218 e. The smallest absolute Gasteiger partial charge is 0.218 e. The zero-order valence-corrected chi connectivity index (χ0v) is 18.9. The van der Waals surface area contributed by atoms with Crippen LogP contribution in [0, 0.1) is 0 Å². The van der Waals surface area contributed by atoms with Gasteiger partial charge in [-0.25, -0.2) is 4.98 Å². The topological polar surface area (TPSA) is 61.8 Å². The molecule has 1 unspecified atom stereocenters. The van der Waals surface area contributed by atoms with Crippen molar-refractivity contribution >= 4 is 29.9 Å². The van der Waals surface area contributed by atoms with Gasteiger partial charge in [0, 0.05) is 31.9 Å². The first-order chi connectivity index (χ1) is 13.3. The molecular weight excluding hydrogens is 465 g/mol. The van der Waals surface area contributed by atoms with Gasteiger partial charge in [0.25, 0.3) is 0 Å². The summed E-state index contributed by atoms with van der Waals surface area (Å²) in [6.45, 7) is 3.73. The average Bonchev–Trinajstić information content (AvgIpc) is 3.26. The predicted molar refractivity (Wildman–Crippen MR) is 124 cm³/mol. The number of methoxy groups -OCH3 is 1. The Morgan fingerprint density at radius 3 is 2.57 bits per heavy atom. The Labute approximate surface area is 184 Å². The molecule has 7 heteroatoms. The van der Waals surface area contributed by atoms with Crippen molar-refractivity contribution < 1.29 is 4.74 Å². The minimum atomic E-state index is 0. The standard InChI is InChI=1S/C21H29N5O.HI/c1-22-21(24-15-18-11-8-12-23-20(18)27-2)25-16-19(26-13-6-7-14-26)17-9-4-3-5-10-17;/h3-5,8-12,19H,6-7,13-16H2,1-2H3,(H2,22,24,25);1H. The van der Waals surface area contributed by atoms with Crippen LogP contribution in [0.5, 0.6) is 5.88 Å². The van der Waals surface area contributed by atoms with Crippen LogP contribution in [-0.2, 0) is 6.54 Å². The van der Waals surface area contributed by atoms with Gasteiger partial charge in [0.15, 0.2) is 5.96 Å². The Kier molecular flexibility index (Phi) is 9.49. The Morgan fingerprint density at radius 1 is 1.14 bits per heavy atom. The molecule has 3 rings (SSSR count). The SMILES string of the molecule is CN=C(NCc1cccnc1OC)NCC(c1ccccc1)N1CCCC1.I. The van der Waals surface area contributed by atoms with Crippen LogP contribution in [-0.4, -0.2) is 49.6 Å². The van der Waals surface area contributed by atoms with Crippen molar-refractivity contribution in [3.8, 4) is 5.88 Å². The quantitative estimate of drug-likeness (QED) is 0.351. The summed E-state index contributed by atoms with van der Waals surface area (Å²) in [5.41, 5.74) is 2.35. The van der Waals surface area contributed by atoms with Crippen LogP contribution in [0.3, 0.4) is 0 Å². The zero-order chi connectivity index (χ0) is 18.9. The Hall–Kier alpha value is -1.87. The lowest BCUT2D eigenvalue weighted by atomic mass is 10.1. The van der Waals surface area contributed by atoms with E-state index in [4.69, 9.17) is 4.74 Å². The van der Waals surface area contributed by atoms with Crippen LogP contribution in [0.15, 0.2) is 53.7 Å². The van der Waals surface area contributed by atoms with E-state index in [1.54, 1.807) is 20.4 Å². The highest BCUT2D eigenvalue weighted by Gasteiger charge is 2.23. The maximum atomic E-state index is 5.32. The number of aromatic nitrogens is 1. The molecule has 0 radical (unpaired) electrons. The molecular formula is C21H30IN5O. The summed E-state index contributed by atoms with van der Waals surface area (Å²) < 4.78 is 5.32. The number of rotatable bonds is 7. The average molecular weight is 495 g/mol. The van der Waals surface area contributed by atoms with Crippen molar-refractivity contribution in [2.24, 2.45) is 4.99 Å². The second kappa shape index (κ2) is 11.9. The Bertz CT molecular complexity index is 735. The fourth-order valence-electron chi connectivity index (χ4n) is 3.52. The third-order valence-corrected chi connectivity index (χ3v) is 4.94. The van der Waals surface area contributed by atoms with Crippen molar-refractivity contribution in [3.05, 3.63) is 59.8 Å². The second-order valence-electron chi connectivity index (χ2n) is 6.65. The van der Waals surface area contributed by atoms with Crippen molar-refractivity contribution in [2.45, 2.75) is 25.4 Å². The normalized spacial score (nSPS) is 15.6. The highest BCUT2D eigenvalue weighted by atomic mass is 127. The van der Waals surface area contributed by atoms with E-state index in [-0.39, 0.29) is 24.0 Å². The van der Waals surface area contributed by atoms with Gasteiger partial charge in [-0.1, -0.05) is 36.4 Å². The fourth-order valence-corrected chi connectivity index (χ4v) is 3.52. The number of benzene rings is 1. The Morgan fingerprint density at radius 2 is 1.89 bits per heavy atom. The van der Waals surface area contributed by atoms with E-state index < -0.39 is 0 Å². The molecule has 1 fully saturated rings. The molecule has 1 aliphatic heterocycles. The van der Waals surface area contributed by atoms with Crippen molar-refractivity contribution in [1.82, 2.24) is 20.5 Å². The van der Waals surface area contributed by atoms with E-state index in [1.165, 1.54) is 18.4 Å². The van der Waals surface area contributed by atoms with Gasteiger partial charge in [0.1, 0.15) is 0 Å². The number of guanidine groups is 1. The summed E-state index contributed by atoms with van der Waals surface area (Å²) in [6.07, 6.45) is 4.28. The molecule has 2 heterocycles. The van der Waals surface area contributed by atoms with E-state index in [0.717, 1.165) is 31.2 Å². The lowest BCUT2D eigenvalue weighted by Gasteiger charge is -2.29. The first-order valence-electron chi connectivity index (χ1n) is 9.53. The molecule has 152 valence electrons. The van der Waals surface area contributed by atoms with Crippen LogP contribution in [0.25, 0.3) is 0 Å². The molecule has 2 N–H and O–H groups in total. The number of hydrogen-bond donors (Lipinski definition) is 2. The van der Waals surface area contributed by atoms with Gasteiger partial charge in [0.05, 0.1) is 13.2 Å². The predicted octanol–water partition coefficient (Wildman–Crippen LogP) is 3.21. The molecule has 1 atom stereocenters. The highest BCUT2D eigenvalue weighted by Crippen LogP contribution is 2.24. The molecule has 1 saturated heterocycles. The maximum absolute atomic E-state index is 5.32. The van der Waals surface area contributed by atoms with Gasteiger partial charge < -0.3 is 15.4 Å². The molecule has 1 aliphatic rings. The molecule has 0 aliphatic carbocycles. The number of ether oxygens (including phenoxy) is 1. The van der Waals surface area contributed by atoms with Crippen LogP contribution in [0.1, 0.15) is 30.0 Å². The third kappa shape index (κ3) is 6.07. The van der Waals surface area contributed by atoms with E-state index in [1.807, 2.05) is 12.1 Å². The molecule has 0 saturated carbocycles. The monoisotopic (exact) mass is 495 g/mol. The molecule has 2 aromatic rings. The van der Waals surface area contributed by atoms with E-state index in [9.17, 15) is 0 Å². The van der Waals surface area contributed by atoms with Gasteiger partial charge in [-0.15, -0.1) is 24.0 Å². The number of likely N-dealkylation sites (tertiary alicyclic amines) is 1. The summed E-state index contributed by atoms with van der Waals surface area (Å²) in [6, 6.07) is 15.0. The van der Waals surface area contributed by atoms with Gasteiger partial charge >= 0.3 is 0 Å². The molecule has 1 aromatic carbocycles. The molecule has 1 aromatic heterocycles. The largest absolute Gasteiger partial charge is 0.481 e. The van der Waals surface area contributed by atoms with Gasteiger partial charge in [-0.05, 0) is 37.6 Å². The van der Waals surface area contributed by atoms with Crippen LogP contribution < -0.4 is 15.4 Å². The summed E-state index contributed by atoms with van der Waals surface area (Å²) in [7, 11) is 3.43. The van der Waals surface area contributed by atoms with Crippen LogP contribution in [0.4, 0.5) is 0 Å². The second-order valence-corrected chi connectivity index (χ2v) is 6.65. The summed E-state index contributed by atoms with van der Waals surface area (Å²) >= 11 is 0. The number of pyridine rings is 1. The summed E-state index contributed by atoms with van der Waals surface area (Å²) in [5.74, 6) is 1.42. The minimum Gasteiger partial charge on any atom is -0.481 e. The summed E-state index contributed by atoms with van der Waals surface area (Å²) in [4.78, 5) is 11.2. The lowest BCUT2D eigenvalue weighted by molar-refractivity contribution is 0.245. The van der Waals surface area contributed by atoms with E-state index >= 15 is 0 Å². The minimum absolute atomic E-state index is 0. The first-order valence-corrected chi connectivity index (χ1v) is 9.53. The van der Waals surface area contributed by atoms with Crippen molar-refractivity contribution in [2.75, 3.05) is 33.8 Å². The van der Waals surface area contributed by atoms with E-state index in [2.05, 4.69) is 55.8 Å². The summed E-state index contributed by atoms with van der Waals surface area (Å²) in [5, 5.41) is 6.85. The number of nitrogens with zero attached hydrogens (tertiary/aromatic N) is 3. The molecule has 28 heavy (non-hydrogen) atoms. The van der Waals surface area contributed by atoms with Gasteiger partial charge in [-0.3, -0.25) is 9.89 Å². The number of hydrogen-bond acceptors (Lipinski definition) is 4. The highest BCUT2D eigenvalue weighted by molar-refractivity contribution is 14.0. The van der Waals surface area contributed by atoms with Gasteiger partial charge in [-0.2, -0.15) is 0 Å². The molecule has 0 amide bonds.